The van der Waals surface area contributed by atoms with Crippen LogP contribution < -0.4 is 5.73 Å². The molecule has 1 unspecified atom stereocenters. The van der Waals surface area contributed by atoms with Crippen molar-refractivity contribution in [1.29, 1.82) is 0 Å². The van der Waals surface area contributed by atoms with Gasteiger partial charge in [-0.05, 0) is 6.92 Å². The maximum Gasteiger partial charge on any atom is 0.341 e. The SMILES string of the molecule is Cc1nc(C2CSCCS2)nc(N)c1C(=O)O. The number of nitrogens with zero attached hydrogens (tertiary/aromatic N) is 2. The number of thioether (sulfide) groups is 2. The highest BCUT2D eigenvalue weighted by atomic mass is 32.2. The second-order valence-electron chi connectivity index (χ2n) is 3.67. The molecule has 17 heavy (non-hydrogen) atoms. The van der Waals surface area contributed by atoms with E-state index in [1.54, 1.807) is 18.7 Å². The normalized spacial score (nSPS) is 20.2. The van der Waals surface area contributed by atoms with E-state index in [0.29, 0.717) is 11.5 Å². The van der Waals surface area contributed by atoms with Crippen molar-refractivity contribution in [3.05, 3.63) is 17.1 Å². The number of nitrogens with two attached hydrogens (primary N) is 1. The molecule has 1 aromatic heterocycles. The molecular formula is C10H13N3O2S2. The highest BCUT2D eigenvalue weighted by molar-refractivity contribution is 8.06. The quantitative estimate of drug-likeness (QED) is 0.844. The van der Waals surface area contributed by atoms with Crippen molar-refractivity contribution in [2.24, 2.45) is 0 Å². The second kappa shape index (κ2) is 5.14. The molecule has 2 heterocycles. The topological polar surface area (TPSA) is 89.1 Å². The Morgan fingerprint density at radius 2 is 2.24 bits per heavy atom. The van der Waals surface area contributed by atoms with E-state index in [1.165, 1.54) is 0 Å². The lowest BCUT2D eigenvalue weighted by atomic mass is 10.2. The molecule has 1 saturated heterocycles. The Labute approximate surface area is 108 Å². The van der Waals surface area contributed by atoms with Crippen LogP contribution in [0, 0.1) is 6.92 Å². The Bertz CT molecular complexity index is 424. The molecule has 1 fully saturated rings. The fraction of sp³-hybridized carbons (Fsp3) is 0.500. The third kappa shape index (κ3) is 2.66. The van der Waals surface area contributed by atoms with Crippen molar-refractivity contribution in [1.82, 2.24) is 9.97 Å². The predicted molar refractivity (Wildman–Crippen MR) is 70.7 cm³/mol. The first kappa shape index (κ1) is 12.5. The summed E-state index contributed by atoms with van der Waals surface area (Å²) in [5.74, 6) is 2.81. The number of anilines is 1. The van der Waals surface area contributed by atoms with E-state index in [0.717, 1.165) is 17.3 Å². The van der Waals surface area contributed by atoms with Crippen LogP contribution in [-0.4, -0.2) is 38.3 Å². The number of nitrogen functional groups attached to an aromatic ring is 1. The summed E-state index contributed by atoms with van der Waals surface area (Å²) in [4.78, 5) is 19.4. The van der Waals surface area contributed by atoms with Crippen molar-refractivity contribution in [3.8, 4) is 0 Å². The molecule has 2 rings (SSSR count). The molecule has 92 valence electrons. The molecular weight excluding hydrogens is 258 g/mol. The van der Waals surface area contributed by atoms with Crippen LogP contribution in [0.15, 0.2) is 0 Å². The van der Waals surface area contributed by atoms with E-state index >= 15 is 0 Å². The van der Waals surface area contributed by atoms with Gasteiger partial charge in [-0.25, -0.2) is 14.8 Å². The van der Waals surface area contributed by atoms with Crippen LogP contribution in [0.2, 0.25) is 0 Å². The molecule has 0 aromatic carbocycles. The van der Waals surface area contributed by atoms with Crippen LogP contribution in [0.1, 0.15) is 27.1 Å². The van der Waals surface area contributed by atoms with Crippen LogP contribution in [0.5, 0.6) is 0 Å². The summed E-state index contributed by atoms with van der Waals surface area (Å²) in [5, 5.41) is 9.20. The molecule has 0 radical (unpaired) electrons. The summed E-state index contributed by atoms with van der Waals surface area (Å²) >= 11 is 3.66. The van der Waals surface area contributed by atoms with Gasteiger partial charge < -0.3 is 10.8 Å². The molecule has 1 aromatic rings. The van der Waals surface area contributed by atoms with Gasteiger partial charge >= 0.3 is 5.97 Å². The average Bonchev–Trinajstić information content (AvgIpc) is 2.28. The van der Waals surface area contributed by atoms with E-state index < -0.39 is 5.97 Å². The van der Waals surface area contributed by atoms with Crippen molar-refractivity contribution in [2.45, 2.75) is 12.2 Å². The first-order chi connectivity index (χ1) is 8.09. The monoisotopic (exact) mass is 271 g/mol. The van der Waals surface area contributed by atoms with Gasteiger partial charge in [0.25, 0.3) is 0 Å². The number of aromatic nitrogens is 2. The van der Waals surface area contributed by atoms with Crippen LogP contribution in [0.3, 0.4) is 0 Å². The largest absolute Gasteiger partial charge is 0.477 e. The Hall–Kier alpha value is -0.950. The summed E-state index contributed by atoms with van der Waals surface area (Å²) in [6.07, 6.45) is 0. The van der Waals surface area contributed by atoms with Gasteiger partial charge in [0.2, 0.25) is 0 Å². The lowest BCUT2D eigenvalue weighted by molar-refractivity contribution is 0.0696. The summed E-state index contributed by atoms with van der Waals surface area (Å²) in [7, 11) is 0. The summed E-state index contributed by atoms with van der Waals surface area (Å²) in [5.41, 5.74) is 6.14. The second-order valence-corrected chi connectivity index (χ2v) is 6.13. The van der Waals surface area contributed by atoms with Gasteiger partial charge in [-0.2, -0.15) is 11.8 Å². The molecule has 0 spiro atoms. The zero-order valence-corrected chi connectivity index (χ0v) is 11.0. The number of hydrogen-bond donors (Lipinski definition) is 2. The lowest BCUT2D eigenvalue weighted by Gasteiger charge is -2.20. The molecule has 1 aliphatic rings. The number of aromatic carboxylic acids is 1. The van der Waals surface area contributed by atoms with Crippen molar-refractivity contribution >= 4 is 35.3 Å². The van der Waals surface area contributed by atoms with Crippen LogP contribution in [0.4, 0.5) is 5.82 Å². The van der Waals surface area contributed by atoms with Gasteiger partial charge in [0.05, 0.1) is 10.9 Å². The maximum atomic E-state index is 11.0. The highest BCUT2D eigenvalue weighted by Crippen LogP contribution is 2.35. The molecule has 1 aliphatic heterocycles. The highest BCUT2D eigenvalue weighted by Gasteiger charge is 2.23. The standard InChI is InChI=1S/C10H13N3O2S2/c1-5-7(10(14)15)8(11)13-9(12-5)6-4-16-2-3-17-6/h6H,2-4H2,1H3,(H,14,15)(H2,11,12,13). The smallest absolute Gasteiger partial charge is 0.341 e. The van der Waals surface area contributed by atoms with Crippen LogP contribution >= 0.6 is 23.5 Å². The van der Waals surface area contributed by atoms with Gasteiger partial charge in [0, 0.05) is 17.3 Å². The Kier molecular flexibility index (Phi) is 3.78. The molecule has 0 aliphatic carbocycles. The predicted octanol–water partition coefficient (Wildman–Crippen LogP) is 1.59. The lowest BCUT2D eigenvalue weighted by Crippen LogP contribution is -2.16. The number of carboxylic acids is 1. The van der Waals surface area contributed by atoms with Gasteiger partial charge in [-0.1, -0.05) is 0 Å². The van der Waals surface area contributed by atoms with Crippen molar-refractivity contribution in [3.63, 3.8) is 0 Å². The Balaban J connectivity index is 2.34. The molecule has 0 saturated carbocycles. The third-order valence-electron chi connectivity index (χ3n) is 2.45. The van der Waals surface area contributed by atoms with E-state index in [2.05, 4.69) is 9.97 Å². The minimum Gasteiger partial charge on any atom is -0.477 e. The molecule has 0 bridgehead atoms. The first-order valence-electron chi connectivity index (χ1n) is 5.16. The minimum atomic E-state index is -1.07. The number of aryl methyl sites for hydroxylation is 1. The average molecular weight is 271 g/mol. The van der Waals surface area contributed by atoms with Crippen LogP contribution in [-0.2, 0) is 0 Å². The van der Waals surface area contributed by atoms with E-state index in [9.17, 15) is 4.79 Å². The van der Waals surface area contributed by atoms with Gasteiger partial charge in [0.15, 0.2) is 0 Å². The Morgan fingerprint density at radius 1 is 1.47 bits per heavy atom. The maximum absolute atomic E-state index is 11.0. The van der Waals surface area contributed by atoms with Crippen molar-refractivity contribution < 1.29 is 9.90 Å². The van der Waals surface area contributed by atoms with Crippen LogP contribution in [0.25, 0.3) is 0 Å². The summed E-state index contributed by atoms with van der Waals surface area (Å²) in [6, 6.07) is 0. The minimum absolute atomic E-state index is 0.0159. The third-order valence-corrected chi connectivity index (χ3v) is 5.20. The molecule has 1 atom stereocenters. The zero-order chi connectivity index (χ0) is 12.4. The Morgan fingerprint density at radius 3 is 2.76 bits per heavy atom. The zero-order valence-electron chi connectivity index (χ0n) is 9.34. The van der Waals surface area contributed by atoms with E-state index in [-0.39, 0.29) is 16.6 Å². The van der Waals surface area contributed by atoms with E-state index in [1.807, 2.05) is 11.8 Å². The summed E-state index contributed by atoms with van der Waals surface area (Å²) < 4.78 is 0. The molecule has 5 nitrogen and oxygen atoms in total. The number of hydrogen-bond acceptors (Lipinski definition) is 6. The first-order valence-corrected chi connectivity index (χ1v) is 7.36. The molecule has 3 N–H and O–H groups in total. The number of rotatable bonds is 2. The fourth-order valence-corrected chi connectivity index (χ4v) is 4.26. The molecule has 7 heteroatoms. The summed E-state index contributed by atoms with van der Waals surface area (Å²) in [6.45, 7) is 1.66. The fourth-order valence-electron chi connectivity index (χ4n) is 1.66. The van der Waals surface area contributed by atoms with Gasteiger partial charge in [0.1, 0.15) is 17.2 Å². The van der Waals surface area contributed by atoms with Crippen molar-refractivity contribution in [2.75, 3.05) is 23.0 Å². The number of carbonyl (C=O) groups is 1. The van der Waals surface area contributed by atoms with Gasteiger partial charge in [-0.15, -0.1) is 11.8 Å². The van der Waals surface area contributed by atoms with E-state index in [4.69, 9.17) is 10.8 Å². The van der Waals surface area contributed by atoms with Gasteiger partial charge in [-0.3, -0.25) is 0 Å². The number of carboxylic acid groups (broad SMARTS) is 1. The molecule has 0 amide bonds.